The SMILES string of the molecule is Cc1ccc(C)c(OCC(=O)NNC(=O)COc2ccc(C(C)C)cc2Br)c1. The van der Waals surface area contributed by atoms with Crippen molar-refractivity contribution in [1.29, 1.82) is 0 Å². The normalized spacial score (nSPS) is 10.5. The second-order valence-electron chi connectivity index (χ2n) is 6.79. The number of rotatable bonds is 7. The number of halogens is 1. The van der Waals surface area contributed by atoms with E-state index in [1.807, 2.05) is 50.2 Å². The van der Waals surface area contributed by atoms with Crippen molar-refractivity contribution in [3.63, 3.8) is 0 Å². The van der Waals surface area contributed by atoms with Crippen LogP contribution in [-0.2, 0) is 9.59 Å². The molecule has 2 aromatic carbocycles. The fraction of sp³-hybridized carbons (Fsp3) is 0.333. The first-order chi connectivity index (χ1) is 13.3. The summed E-state index contributed by atoms with van der Waals surface area (Å²) in [6.45, 7) is 7.62. The first-order valence-electron chi connectivity index (χ1n) is 8.96. The molecule has 0 aromatic heterocycles. The van der Waals surface area contributed by atoms with Crippen LogP contribution in [0.2, 0.25) is 0 Å². The fourth-order valence-corrected chi connectivity index (χ4v) is 2.87. The molecule has 2 N–H and O–H groups in total. The molecule has 2 rings (SSSR count). The molecule has 0 spiro atoms. The molecule has 2 amide bonds. The fourth-order valence-electron chi connectivity index (χ4n) is 2.35. The Kier molecular flexibility index (Phi) is 7.87. The van der Waals surface area contributed by atoms with E-state index in [0.717, 1.165) is 15.6 Å². The minimum atomic E-state index is -0.472. The molecular formula is C21H25BrN2O4. The number of aryl methyl sites for hydroxylation is 2. The van der Waals surface area contributed by atoms with Gasteiger partial charge in [0.25, 0.3) is 11.8 Å². The molecule has 0 fully saturated rings. The van der Waals surface area contributed by atoms with Gasteiger partial charge in [0.05, 0.1) is 4.47 Å². The molecule has 0 saturated carbocycles. The molecule has 0 bridgehead atoms. The molecule has 0 saturated heterocycles. The average molecular weight is 449 g/mol. The predicted molar refractivity (Wildman–Crippen MR) is 111 cm³/mol. The smallest absolute Gasteiger partial charge is 0.276 e. The lowest BCUT2D eigenvalue weighted by Gasteiger charge is -2.13. The van der Waals surface area contributed by atoms with Gasteiger partial charge >= 0.3 is 0 Å². The minimum absolute atomic E-state index is 0.201. The van der Waals surface area contributed by atoms with Gasteiger partial charge in [0, 0.05) is 0 Å². The molecule has 6 nitrogen and oxygen atoms in total. The monoisotopic (exact) mass is 448 g/mol. The van der Waals surface area contributed by atoms with E-state index >= 15 is 0 Å². The van der Waals surface area contributed by atoms with Gasteiger partial charge in [0.2, 0.25) is 0 Å². The number of nitrogens with one attached hydrogen (secondary N) is 2. The molecule has 0 aliphatic carbocycles. The van der Waals surface area contributed by atoms with Crippen molar-refractivity contribution in [3.8, 4) is 11.5 Å². The van der Waals surface area contributed by atoms with Crippen molar-refractivity contribution >= 4 is 27.7 Å². The second kappa shape index (κ2) is 10.1. The van der Waals surface area contributed by atoms with Crippen molar-refractivity contribution in [2.75, 3.05) is 13.2 Å². The van der Waals surface area contributed by atoms with Crippen LogP contribution in [0, 0.1) is 13.8 Å². The number of hydrogen-bond donors (Lipinski definition) is 2. The summed E-state index contributed by atoms with van der Waals surface area (Å²) in [5, 5.41) is 0. The van der Waals surface area contributed by atoms with E-state index in [0.29, 0.717) is 17.4 Å². The molecule has 7 heteroatoms. The first kappa shape index (κ1) is 21.8. The third kappa shape index (κ3) is 6.56. The number of benzene rings is 2. The maximum absolute atomic E-state index is 11.9. The van der Waals surface area contributed by atoms with E-state index < -0.39 is 11.8 Å². The van der Waals surface area contributed by atoms with Crippen molar-refractivity contribution in [2.24, 2.45) is 0 Å². The van der Waals surface area contributed by atoms with Gasteiger partial charge in [-0.25, -0.2) is 0 Å². The zero-order valence-corrected chi connectivity index (χ0v) is 18.1. The number of carbonyl (C=O) groups excluding carboxylic acids is 2. The summed E-state index contributed by atoms with van der Waals surface area (Å²) in [6, 6.07) is 11.5. The zero-order valence-electron chi connectivity index (χ0n) is 16.5. The summed E-state index contributed by atoms with van der Waals surface area (Å²) >= 11 is 3.44. The molecule has 0 heterocycles. The number of hydrogen-bond acceptors (Lipinski definition) is 4. The van der Waals surface area contributed by atoms with Crippen LogP contribution in [0.3, 0.4) is 0 Å². The number of ether oxygens (including phenoxy) is 2. The second-order valence-corrected chi connectivity index (χ2v) is 7.64. The summed E-state index contributed by atoms with van der Waals surface area (Å²) in [5.41, 5.74) is 7.75. The van der Waals surface area contributed by atoms with E-state index in [1.165, 1.54) is 5.56 Å². The molecule has 0 aliphatic heterocycles. The molecule has 0 atom stereocenters. The Hall–Kier alpha value is -2.54. The quantitative estimate of drug-likeness (QED) is 0.631. The van der Waals surface area contributed by atoms with Gasteiger partial charge in [0.15, 0.2) is 13.2 Å². The van der Waals surface area contributed by atoms with E-state index in [1.54, 1.807) is 0 Å². The lowest BCUT2D eigenvalue weighted by atomic mass is 10.0. The Morgan fingerprint density at radius 3 is 2.11 bits per heavy atom. The van der Waals surface area contributed by atoms with Crippen LogP contribution in [0.25, 0.3) is 0 Å². The van der Waals surface area contributed by atoms with Crippen LogP contribution >= 0.6 is 15.9 Å². The molecule has 0 aliphatic rings. The lowest BCUT2D eigenvalue weighted by molar-refractivity contribution is -0.131. The van der Waals surface area contributed by atoms with E-state index in [4.69, 9.17) is 9.47 Å². The van der Waals surface area contributed by atoms with Gasteiger partial charge in [-0.1, -0.05) is 32.0 Å². The Balaban J connectivity index is 1.74. The average Bonchev–Trinajstić information content (AvgIpc) is 2.65. The maximum atomic E-state index is 11.9. The van der Waals surface area contributed by atoms with Crippen LogP contribution in [0.15, 0.2) is 40.9 Å². The summed E-state index contributed by atoms with van der Waals surface area (Å²) in [7, 11) is 0. The Morgan fingerprint density at radius 1 is 0.929 bits per heavy atom. The topological polar surface area (TPSA) is 76.7 Å². The van der Waals surface area contributed by atoms with Gasteiger partial charge in [-0.15, -0.1) is 0 Å². The molecule has 0 unspecified atom stereocenters. The van der Waals surface area contributed by atoms with Crippen LogP contribution in [-0.4, -0.2) is 25.0 Å². The standard InChI is InChI=1S/C21H25BrN2O4/c1-13(2)16-7-8-18(17(22)10-16)27-11-20(25)23-24-21(26)12-28-19-9-14(3)5-6-15(19)4/h5-10,13H,11-12H2,1-4H3,(H,23,25)(H,24,26). The predicted octanol–water partition coefficient (Wildman–Crippen LogP) is 3.79. The lowest BCUT2D eigenvalue weighted by Crippen LogP contribution is -2.45. The summed E-state index contributed by atoms with van der Waals surface area (Å²) < 4.78 is 11.7. The van der Waals surface area contributed by atoms with Crippen molar-refractivity contribution in [2.45, 2.75) is 33.6 Å². The van der Waals surface area contributed by atoms with Crippen LogP contribution in [0.1, 0.15) is 36.5 Å². The highest BCUT2D eigenvalue weighted by Gasteiger charge is 2.10. The van der Waals surface area contributed by atoms with Crippen molar-refractivity contribution in [1.82, 2.24) is 10.9 Å². The Bertz CT molecular complexity index is 852. The van der Waals surface area contributed by atoms with Gasteiger partial charge in [-0.3, -0.25) is 20.4 Å². The Morgan fingerprint density at radius 2 is 1.54 bits per heavy atom. The van der Waals surface area contributed by atoms with Crippen LogP contribution < -0.4 is 20.3 Å². The highest BCUT2D eigenvalue weighted by molar-refractivity contribution is 9.10. The van der Waals surface area contributed by atoms with E-state index in [-0.39, 0.29) is 13.2 Å². The van der Waals surface area contributed by atoms with Crippen molar-refractivity contribution in [3.05, 3.63) is 57.6 Å². The van der Waals surface area contributed by atoms with Gasteiger partial charge < -0.3 is 9.47 Å². The minimum Gasteiger partial charge on any atom is -0.483 e. The summed E-state index contributed by atoms with van der Waals surface area (Å²) in [4.78, 5) is 23.7. The third-order valence-corrected chi connectivity index (χ3v) is 4.64. The van der Waals surface area contributed by atoms with Gasteiger partial charge in [-0.2, -0.15) is 0 Å². The molecule has 150 valence electrons. The van der Waals surface area contributed by atoms with Crippen molar-refractivity contribution < 1.29 is 19.1 Å². The highest BCUT2D eigenvalue weighted by atomic mass is 79.9. The largest absolute Gasteiger partial charge is 0.483 e. The third-order valence-electron chi connectivity index (χ3n) is 4.03. The van der Waals surface area contributed by atoms with Gasteiger partial charge in [-0.05, 0) is 70.6 Å². The van der Waals surface area contributed by atoms with Crippen LogP contribution in [0.4, 0.5) is 0 Å². The number of amides is 2. The zero-order chi connectivity index (χ0) is 20.7. The Labute approximate surface area is 173 Å². The molecule has 2 aromatic rings. The van der Waals surface area contributed by atoms with E-state index in [2.05, 4.69) is 40.6 Å². The highest BCUT2D eigenvalue weighted by Crippen LogP contribution is 2.28. The molecule has 28 heavy (non-hydrogen) atoms. The number of carbonyl (C=O) groups is 2. The van der Waals surface area contributed by atoms with Crippen LogP contribution in [0.5, 0.6) is 11.5 Å². The molecular weight excluding hydrogens is 424 g/mol. The maximum Gasteiger partial charge on any atom is 0.276 e. The van der Waals surface area contributed by atoms with Gasteiger partial charge in [0.1, 0.15) is 11.5 Å². The summed E-state index contributed by atoms with van der Waals surface area (Å²) in [5.74, 6) is 0.662. The first-order valence-corrected chi connectivity index (χ1v) is 9.75. The number of hydrazine groups is 1. The van der Waals surface area contributed by atoms with E-state index in [9.17, 15) is 9.59 Å². The molecule has 0 radical (unpaired) electrons. The summed E-state index contributed by atoms with van der Waals surface area (Å²) in [6.07, 6.45) is 0.